The van der Waals surface area contributed by atoms with E-state index in [1.807, 2.05) is 26.1 Å². The fourth-order valence-corrected chi connectivity index (χ4v) is 3.77. The molecule has 0 radical (unpaired) electrons. The van der Waals surface area contributed by atoms with Gasteiger partial charge in [0.1, 0.15) is 11.6 Å². The lowest BCUT2D eigenvalue weighted by Gasteiger charge is -2.34. The fraction of sp³-hybridized carbons (Fsp3) is 0.476. The molecule has 1 atom stereocenters. The number of nitrogens with zero attached hydrogens (tertiary/aromatic N) is 2. The van der Waals surface area contributed by atoms with Gasteiger partial charge < -0.3 is 14.2 Å². The number of aryl methyl sites for hydroxylation is 1. The Bertz CT molecular complexity index is 743. The van der Waals surface area contributed by atoms with Gasteiger partial charge in [-0.15, -0.1) is 0 Å². The second-order valence-electron chi connectivity index (χ2n) is 7.23. The molecule has 1 aromatic heterocycles. The minimum Gasteiger partial charge on any atom is -0.469 e. The van der Waals surface area contributed by atoms with Crippen LogP contribution < -0.4 is 0 Å². The van der Waals surface area contributed by atoms with Gasteiger partial charge in [-0.05, 0) is 56.3 Å². The predicted molar refractivity (Wildman–Crippen MR) is 99.7 cm³/mol. The summed E-state index contributed by atoms with van der Waals surface area (Å²) in [5, 5.41) is 0. The Morgan fingerprint density at radius 3 is 2.88 bits per heavy atom. The van der Waals surface area contributed by atoms with Crippen molar-refractivity contribution in [3.8, 4) is 0 Å². The maximum atomic E-state index is 13.8. The van der Waals surface area contributed by atoms with Gasteiger partial charge in [0.2, 0.25) is 0 Å². The molecular formula is C21H27FN2O2. The quantitative estimate of drug-likeness (QED) is 0.789. The summed E-state index contributed by atoms with van der Waals surface area (Å²) < 4.78 is 19.0. The lowest BCUT2D eigenvalue weighted by atomic mass is 9.96. The van der Waals surface area contributed by atoms with E-state index in [9.17, 15) is 9.18 Å². The van der Waals surface area contributed by atoms with E-state index in [1.165, 1.54) is 6.07 Å². The molecule has 0 aliphatic carbocycles. The second kappa shape index (κ2) is 8.49. The zero-order chi connectivity index (χ0) is 18.5. The average Bonchev–Trinajstić information content (AvgIpc) is 3.06. The molecule has 2 aromatic rings. The summed E-state index contributed by atoms with van der Waals surface area (Å²) in [5.41, 5.74) is 1.41. The number of carbonyl (C=O) groups is 1. The molecule has 0 bridgehead atoms. The maximum Gasteiger partial charge on any atom is 0.257 e. The van der Waals surface area contributed by atoms with Crippen molar-refractivity contribution in [3.05, 3.63) is 59.3 Å². The molecule has 0 saturated carbocycles. The van der Waals surface area contributed by atoms with Crippen molar-refractivity contribution in [1.82, 2.24) is 9.80 Å². The highest BCUT2D eigenvalue weighted by molar-refractivity contribution is 5.94. The SMILES string of the molecule is Cc1occc1C(=O)N(C)C[C@H]1CCCN(CCc2ccccc2F)C1. The summed E-state index contributed by atoms with van der Waals surface area (Å²) in [6, 6.07) is 8.72. The van der Waals surface area contributed by atoms with E-state index >= 15 is 0 Å². The molecule has 1 aliphatic heterocycles. The molecule has 0 unspecified atom stereocenters. The minimum absolute atomic E-state index is 0.0136. The highest BCUT2D eigenvalue weighted by Gasteiger charge is 2.24. The molecule has 140 valence electrons. The first-order valence-electron chi connectivity index (χ1n) is 9.30. The van der Waals surface area contributed by atoms with Crippen molar-refractivity contribution >= 4 is 5.91 Å². The summed E-state index contributed by atoms with van der Waals surface area (Å²) in [6.45, 7) is 5.40. The van der Waals surface area contributed by atoms with Crippen molar-refractivity contribution in [2.75, 3.05) is 33.2 Å². The lowest BCUT2D eigenvalue weighted by Crippen LogP contribution is -2.42. The monoisotopic (exact) mass is 358 g/mol. The van der Waals surface area contributed by atoms with Gasteiger partial charge in [-0.1, -0.05) is 18.2 Å². The molecule has 1 aliphatic rings. The summed E-state index contributed by atoms with van der Waals surface area (Å²) in [5.74, 6) is 1.00. The first kappa shape index (κ1) is 18.6. The summed E-state index contributed by atoms with van der Waals surface area (Å²) in [6.07, 6.45) is 4.52. The number of piperidine rings is 1. The van der Waals surface area contributed by atoms with Crippen molar-refractivity contribution < 1.29 is 13.6 Å². The fourth-order valence-electron chi connectivity index (χ4n) is 3.77. The molecule has 4 nitrogen and oxygen atoms in total. The number of rotatable bonds is 6. The molecule has 1 amide bonds. The third kappa shape index (κ3) is 4.52. The maximum absolute atomic E-state index is 13.8. The van der Waals surface area contributed by atoms with Gasteiger partial charge >= 0.3 is 0 Å². The summed E-state index contributed by atoms with van der Waals surface area (Å²) >= 11 is 0. The van der Waals surface area contributed by atoms with Crippen LogP contribution in [-0.2, 0) is 6.42 Å². The number of halogens is 1. The van der Waals surface area contributed by atoms with Crippen LogP contribution in [0.4, 0.5) is 4.39 Å². The molecular weight excluding hydrogens is 331 g/mol. The Balaban J connectivity index is 1.51. The molecule has 1 fully saturated rings. The molecule has 5 heteroatoms. The van der Waals surface area contributed by atoms with Gasteiger partial charge in [-0.2, -0.15) is 0 Å². The number of likely N-dealkylation sites (tertiary alicyclic amines) is 1. The van der Waals surface area contributed by atoms with E-state index in [0.29, 0.717) is 17.2 Å². The van der Waals surface area contributed by atoms with Gasteiger partial charge in [-0.25, -0.2) is 4.39 Å². The third-order valence-corrected chi connectivity index (χ3v) is 5.23. The topological polar surface area (TPSA) is 36.7 Å². The summed E-state index contributed by atoms with van der Waals surface area (Å²) in [7, 11) is 1.85. The molecule has 1 aromatic carbocycles. The smallest absolute Gasteiger partial charge is 0.257 e. The number of amides is 1. The van der Waals surface area contributed by atoms with E-state index < -0.39 is 0 Å². The van der Waals surface area contributed by atoms with Gasteiger partial charge in [0, 0.05) is 26.7 Å². The normalized spacial score (nSPS) is 18.0. The van der Waals surface area contributed by atoms with Gasteiger partial charge in [-0.3, -0.25) is 4.79 Å². The van der Waals surface area contributed by atoms with E-state index in [4.69, 9.17) is 4.42 Å². The van der Waals surface area contributed by atoms with Crippen LogP contribution in [-0.4, -0.2) is 48.9 Å². The molecule has 2 heterocycles. The van der Waals surface area contributed by atoms with Crippen LogP contribution in [0.25, 0.3) is 0 Å². The van der Waals surface area contributed by atoms with Crippen LogP contribution in [0.3, 0.4) is 0 Å². The number of benzene rings is 1. The Kier molecular flexibility index (Phi) is 6.09. The number of hydrogen-bond acceptors (Lipinski definition) is 3. The van der Waals surface area contributed by atoms with Gasteiger partial charge in [0.05, 0.1) is 11.8 Å². The highest BCUT2D eigenvalue weighted by atomic mass is 19.1. The zero-order valence-corrected chi connectivity index (χ0v) is 15.6. The highest BCUT2D eigenvalue weighted by Crippen LogP contribution is 2.20. The molecule has 0 spiro atoms. The molecule has 0 N–H and O–H groups in total. The van der Waals surface area contributed by atoms with E-state index in [0.717, 1.165) is 51.0 Å². The van der Waals surface area contributed by atoms with Crippen LogP contribution in [0, 0.1) is 18.7 Å². The van der Waals surface area contributed by atoms with Gasteiger partial charge in [0.25, 0.3) is 5.91 Å². The number of furan rings is 1. The average molecular weight is 358 g/mol. The Hall–Kier alpha value is -2.14. The zero-order valence-electron chi connectivity index (χ0n) is 15.6. The van der Waals surface area contributed by atoms with Crippen LogP contribution in [0.1, 0.15) is 34.5 Å². The van der Waals surface area contributed by atoms with Crippen LogP contribution in [0.5, 0.6) is 0 Å². The molecule has 1 saturated heterocycles. The van der Waals surface area contributed by atoms with E-state index in [1.54, 1.807) is 23.3 Å². The first-order valence-corrected chi connectivity index (χ1v) is 9.30. The van der Waals surface area contributed by atoms with Crippen molar-refractivity contribution in [2.45, 2.75) is 26.2 Å². The molecule has 26 heavy (non-hydrogen) atoms. The van der Waals surface area contributed by atoms with Crippen LogP contribution in [0.15, 0.2) is 41.0 Å². The van der Waals surface area contributed by atoms with Crippen molar-refractivity contribution in [2.24, 2.45) is 5.92 Å². The number of hydrogen-bond donors (Lipinski definition) is 0. The molecule has 3 rings (SSSR count). The predicted octanol–water partition coefficient (Wildman–Crippen LogP) is 3.75. The Morgan fingerprint density at radius 1 is 1.35 bits per heavy atom. The Morgan fingerprint density at radius 2 is 2.15 bits per heavy atom. The standard InChI is InChI=1S/C21H27FN2O2/c1-16-19(10-13-26-16)21(25)23(2)14-17-6-5-11-24(15-17)12-9-18-7-3-4-8-20(18)22/h3-4,7-8,10,13,17H,5-6,9,11-12,14-15H2,1-2H3/t17-/m1/s1. The van der Waals surface area contributed by atoms with Crippen molar-refractivity contribution in [1.29, 1.82) is 0 Å². The lowest BCUT2D eigenvalue weighted by molar-refractivity contribution is 0.0728. The third-order valence-electron chi connectivity index (χ3n) is 5.23. The second-order valence-corrected chi connectivity index (χ2v) is 7.23. The van der Waals surface area contributed by atoms with Crippen molar-refractivity contribution in [3.63, 3.8) is 0 Å². The largest absolute Gasteiger partial charge is 0.469 e. The van der Waals surface area contributed by atoms with Gasteiger partial charge in [0.15, 0.2) is 0 Å². The van der Waals surface area contributed by atoms with E-state index in [2.05, 4.69) is 4.90 Å². The number of carbonyl (C=O) groups excluding carboxylic acids is 1. The summed E-state index contributed by atoms with van der Waals surface area (Å²) in [4.78, 5) is 16.7. The van der Waals surface area contributed by atoms with Crippen LogP contribution in [0.2, 0.25) is 0 Å². The van der Waals surface area contributed by atoms with E-state index in [-0.39, 0.29) is 11.7 Å². The minimum atomic E-state index is -0.123. The first-order chi connectivity index (χ1) is 12.5. The van der Waals surface area contributed by atoms with Crippen LogP contribution >= 0.6 is 0 Å². The Labute approximate surface area is 154 Å².